The van der Waals surface area contributed by atoms with Crippen molar-refractivity contribution in [2.75, 3.05) is 21.7 Å². The van der Waals surface area contributed by atoms with Gasteiger partial charge in [-0.2, -0.15) is 0 Å². The van der Waals surface area contributed by atoms with E-state index >= 15 is 0 Å². The molecule has 0 heterocycles. The molecular formula is C46H43N3O2. The third kappa shape index (κ3) is 8.00. The summed E-state index contributed by atoms with van der Waals surface area (Å²) < 4.78 is 12.4. The second-order valence-electron chi connectivity index (χ2n) is 12.8. The lowest BCUT2D eigenvalue weighted by atomic mass is 9.95. The van der Waals surface area contributed by atoms with Crippen LogP contribution in [-0.2, 0) is 0 Å². The Hall–Kier alpha value is -6.20. The Morgan fingerprint density at radius 1 is 0.529 bits per heavy atom. The van der Waals surface area contributed by atoms with Gasteiger partial charge in [0, 0.05) is 58.7 Å². The Kier molecular flexibility index (Phi) is 10.2. The normalized spacial score (nSPS) is 13.8. The van der Waals surface area contributed by atoms with Crippen molar-refractivity contribution in [2.24, 2.45) is 5.92 Å². The molecule has 0 spiro atoms. The molecule has 1 aliphatic rings. The maximum absolute atomic E-state index is 6.25. The van der Waals surface area contributed by atoms with E-state index in [0.29, 0.717) is 0 Å². The van der Waals surface area contributed by atoms with Gasteiger partial charge >= 0.3 is 0 Å². The fraction of sp³-hybridized carbons (Fsp3) is 0.130. The van der Waals surface area contributed by atoms with Crippen molar-refractivity contribution in [3.05, 3.63) is 187 Å². The fourth-order valence-electron chi connectivity index (χ4n) is 6.39. The number of para-hydroxylation sites is 2. The number of rotatable bonds is 12. The average molecular weight is 670 g/mol. The largest absolute Gasteiger partial charge is 0.462 e. The number of hydrogen-bond donors (Lipinski definition) is 1. The number of allylic oxidation sites excluding steroid dienone is 4. The van der Waals surface area contributed by atoms with Crippen LogP contribution in [0.25, 0.3) is 0 Å². The van der Waals surface area contributed by atoms with Crippen LogP contribution in [0.2, 0.25) is 0 Å². The SMILES string of the molecule is CCNc1ccc(N(c2ccc(Oc3ccccc3)cc2)c2ccc(N(C3=CC=C(Oc4ccccc4)CC3C)c3ccc(C)cc3)cc2)cc1. The summed E-state index contributed by atoms with van der Waals surface area (Å²) in [6.07, 6.45) is 5.13. The van der Waals surface area contributed by atoms with E-state index in [2.05, 4.69) is 133 Å². The average Bonchev–Trinajstić information content (AvgIpc) is 3.16. The molecule has 254 valence electrons. The van der Waals surface area contributed by atoms with Gasteiger partial charge in [0.15, 0.2) is 0 Å². The predicted octanol–water partition coefficient (Wildman–Crippen LogP) is 12.7. The molecule has 0 amide bonds. The molecule has 0 saturated heterocycles. The van der Waals surface area contributed by atoms with E-state index < -0.39 is 0 Å². The van der Waals surface area contributed by atoms with Gasteiger partial charge in [-0.1, -0.05) is 61.0 Å². The van der Waals surface area contributed by atoms with Crippen molar-refractivity contribution in [2.45, 2.75) is 27.2 Å². The van der Waals surface area contributed by atoms with Crippen LogP contribution in [0.5, 0.6) is 17.2 Å². The molecule has 5 heteroatoms. The smallest absolute Gasteiger partial charge is 0.127 e. The van der Waals surface area contributed by atoms with Crippen LogP contribution in [0.4, 0.5) is 34.1 Å². The second-order valence-corrected chi connectivity index (χ2v) is 12.8. The molecule has 1 N–H and O–H groups in total. The number of aryl methyl sites for hydroxylation is 1. The highest BCUT2D eigenvalue weighted by Crippen LogP contribution is 2.41. The van der Waals surface area contributed by atoms with Crippen molar-refractivity contribution in [1.29, 1.82) is 0 Å². The maximum Gasteiger partial charge on any atom is 0.127 e. The van der Waals surface area contributed by atoms with Crippen molar-refractivity contribution < 1.29 is 9.47 Å². The van der Waals surface area contributed by atoms with Crippen LogP contribution in [0.3, 0.4) is 0 Å². The number of ether oxygens (including phenoxy) is 2. The molecule has 0 fully saturated rings. The van der Waals surface area contributed by atoms with E-state index in [4.69, 9.17) is 9.47 Å². The van der Waals surface area contributed by atoms with Crippen LogP contribution in [-0.4, -0.2) is 6.54 Å². The van der Waals surface area contributed by atoms with Gasteiger partial charge in [-0.25, -0.2) is 0 Å². The molecule has 6 aromatic rings. The van der Waals surface area contributed by atoms with Crippen molar-refractivity contribution in [3.63, 3.8) is 0 Å². The first-order chi connectivity index (χ1) is 25.0. The molecule has 5 nitrogen and oxygen atoms in total. The zero-order valence-electron chi connectivity index (χ0n) is 29.4. The van der Waals surface area contributed by atoms with Crippen molar-refractivity contribution >= 4 is 34.1 Å². The molecule has 1 unspecified atom stereocenters. The number of nitrogens with zero attached hydrogens (tertiary/aromatic N) is 2. The Labute approximate surface area is 301 Å². The summed E-state index contributed by atoms with van der Waals surface area (Å²) in [4.78, 5) is 4.65. The standard InChI is InChI=1S/C46H43N3O2/c1-4-47-36-17-21-37(22-18-36)48(39-27-29-44(30-28-39)50-42-11-7-5-8-12-42)38-23-25-41(26-24-38)49(40-19-15-34(2)16-20-40)46-32-31-45(33-35(46)3)51-43-13-9-6-10-14-43/h5-32,35,47H,4,33H2,1-3H3. The van der Waals surface area contributed by atoms with Crippen LogP contribution in [0.15, 0.2) is 181 Å². The molecular weight excluding hydrogens is 627 g/mol. The summed E-state index contributed by atoms with van der Waals surface area (Å²) in [5.74, 6) is 3.66. The maximum atomic E-state index is 6.25. The van der Waals surface area contributed by atoms with Crippen LogP contribution >= 0.6 is 0 Å². The molecule has 0 bridgehead atoms. The molecule has 6 aromatic carbocycles. The molecule has 51 heavy (non-hydrogen) atoms. The molecule has 7 rings (SSSR count). The summed E-state index contributed by atoms with van der Waals surface area (Å²) in [5.41, 5.74) is 8.92. The first-order valence-electron chi connectivity index (χ1n) is 17.6. The lowest BCUT2D eigenvalue weighted by Crippen LogP contribution is -2.24. The Balaban J connectivity index is 1.23. The lowest BCUT2D eigenvalue weighted by Gasteiger charge is -2.34. The minimum absolute atomic E-state index is 0.234. The van der Waals surface area contributed by atoms with E-state index in [1.165, 1.54) is 11.3 Å². The van der Waals surface area contributed by atoms with Crippen LogP contribution in [0.1, 0.15) is 25.8 Å². The summed E-state index contributed by atoms with van der Waals surface area (Å²) in [6.45, 7) is 7.38. The number of anilines is 6. The lowest BCUT2D eigenvalue weighted by molar-refractivity contribution is 0.379. The Morgan fingerprint density at radius 2 is 0.980 bits per heavy atom. The van der Waals surface area contributed by atoms with E-state index in [1.54, 1.807) is 0 Å². The van der Waals surface area contributed by atoms with Crippen LogP contribution in [0, 0.1) is 12.8 Å². The number of benzene rings is 6. The zero-order chi connectivity index (χ0) is 35.0. The molecule has 1 atom stereocenters. The third-order valence-electron chi connectivity index (χ3n) is 8.94. The topological polar surface area (TPSA) is 37.0 Å². The highest BCUT2D eigenvalue weighted by atomic mass is 16.5. The summed E-state index contributed by atoms with van der Waals surface area (Å²) in [5, 5.41) is 3.41. The first-order valence-corrected chi connectivity index (χ1v) is 17.6. The van der Waals surface area contributed by atoms with Gasteiger partial charge in [-0.15, -0.1) is 0 Å². The molecule has 1 aliphatic carbocycles. The van der Waals surface area contributed by atoms with E-state index in [-0.39, 0.29) is 5.92 Å². The zero-order valence-corrected chi connectivity index (χ0v) is 29.4. The minimum Gasteiger partial charge on any atom is -0.462 e. The van der Waals surface area contributed by atoms with Crippen molar-refractivity contribution in [3.8, 4) is 17.2 Å². The monoisotopic (exact) mass is 669 g/mol. The molecule has 0 aliphatic heterocycles. The molecule has 0 saturated carbocycles. The second kappa shape index (κ2) is 15.6. The van der Waals surface area contributed by atoms with E-state index in [0.717, 1.165) is 70.1 Å². The predicted molar refractivity (Wildman–Crippen MR) is 212 cm³/mol. The van der Waals surface area contributed by atoms with Gasteiger partial charge in [0.1, 0.15) is 23.0 Å². The fourth-order valence-corrected chi connectivity index (χ4v) is 6.39. The van der Waals surface area contributed by atoms with Crippen LogP contribution < -0.4 is 24.6 Å². The number of nitrogens with one attached hydrogen (secondary N) is 1. The summed E-state index contributed by atoms with van der Waals surface area (Å²) >= 11 is 0. The van der Waals surface area contributed by atoms with Gasteiger partial charge in [-0.05, 0) is 135 Å². The molecule has 0 radical (unpaired) electrons. The van der Waals surface area contributed by atoms with Gasteiger partial charge < -0.3 is 24.6 Å². The van der Waals surface area contributed by atoms with E-state index in [9.17, 15) is 0 Å². The molecule has 0 aromatic heterocycles. The van der Waals surface area contributed by atoms with Gasteiger partial charge in [0.25, 0.3) is 0 Å². The Morgan fingerprint density at radius 3 is 1.51 bits per heavy atom. The van der Waals surface area contributed by atoms with E-state index in [1.807, 2.05) is 72.8 Å². The first kappa shape index (κ1) is 33.3. The van der Waals surface area contributed by atoms with Crippen molar-refractivity contribution in [1.82, 2.24) is 0 Å². The third-order valence-corrected chi connectivity index (χ3v) is 8.94. The summed E-state index contributed by atoms with van der Waals surface area (Å²) in [7, 11) is 0. The minimum atomic E-state index is 0.234. The van der Waals surface area contributed by atoms with Gasteiger partial charge in [0.2, 0.25) is 0 Å². The van der Waals surface area contributed by atoms with Gasteiger partial charge in [0.05, 0.1) is 0 Å². The quantitative estimate of drug-likeness (QED) is 0.140. The highest BCUT2D eigenvalue weighted by Gasteiger charge is 2.24. The summed E-state index contributed by atoms with van der Waals surface area (Å²) in [6, 6.07) is 54.3. The highest BCUT2D eigenvalue weighted by molar-refractivity contribution is 5.80. The van der Waals surface area contributed by atoms with Gasteiger partial charge in [-0.3, -0.25) is 0 Å². The Bertz CT molecular complexity index is 2070. The number of hydrogen-bond acceptors (Lipinski definition) is 5.